The predicted molar refractivity (Wildman–Crippen MR) is 181 cm³/mol. The van der Waals surface area contributed by atoms with Crippen LogP contribution in [0.2, 0.25) is 0 Å². The highest BCUT2D eigenvalue weighted by atomic mass is 16.6. The first-order valence-corrected chi connectivity index (χ1v) is 16.8. The molecule has 4 heterocycles. The molecule has 1 atom stereocenters. The predicted octanol–water partition coefficient (Wildman–Crippen LogP) is 4.57. The molecule has 0 radical (unpaired) electrons. The molecule has 3 saturated heterocycles. The van der Waals surface area contributed by atoms with Crippen molar-refractivity contribution in [2.75, 3.05) is 64.3 Å². The maximum atomic E-state index is 14.0. The number of benzene rings is 2. The number of fused-ring (bicyclic) bond motifs is 1. The van der Waals surface area contributed by atoms with Crippen LogP contribution in [0.15, 0.2) is 36.4 Å². The SMILES string of the molecule is C.Cc1cc(C[C@@H](OC(=O)N2CCC(N3CCc4ccccc4NC3=O)CC2)C(=O)N2CCC(N3CCOCC3)CC2)cc(C)c1O. The number of carbonyl (C=O) groups is 3. The van der Waals surface area contributed by atoms with Gasteiger partial charge in [0.25, 0.3) is 5.91 Å². The molecule has 11 nitrogen and oxygen atoms in total. The molecule has 0 aromatic heterocycles. The van der Waals surface area contributed by atoms with Crippen LogP contribution in [-0.2, 0) is 27.1 Å². The normalized spacial score (nSPS) is 20.5. The molecule has 0 unspecified atom stereocenters. The molecule has 4 aliphatic heterocycles. The van der Waals surface area contributed by atoms with Gasteiger partial charge < -0.3 is 34.6 Å². The highest BCUT2D eigenvalue weighted by Gasteiger charge is 2.36. The van der Waals surface area contributed by atoms with Crippen LogP contribution < -0.4 is 5.32 Å². The molecule has 6 rings (SSSR count). The summed E-state index contributed by atoms with van der Waals surface area (Å²) in [5.41, 5.74) is 4.27. The number of para-hydroxylation sites is 1. The van der Waals surface area contributed by atoms with Crippen LogP contribution in [0.25, 0.3) is 0 Å². The third kappa shape index (κ3) is 8.01. The molecule has 3 fully saturated rings. The van der Waals surface area contributed by atoms with Crippen LogP contribution in [0.3, 0.4) is 0 Å². The molecule has 0 aliphatic carbocycles. The van der Waals surface area contributed by atoms with E-state index in [0.717, 1.165) is 73.5 Å². The van der Waals surface area contributed by atoms with E-state index in [4.69, 9.17) is 9.47 Å². The number of amides is 4. The van der Waals surface area contributed by atoms with Crippen molar-refractivity contribution in [3.8, 4) is 5.75 Å². The molecule has 4 aliphatic rings. The van der Waals surface area contributed by atoms with Crippen molar-refractivity contribution in [3.63, 3.8) is 0 Å². The number of phenolic OH excluding ortho intramolecular Hbond substituents is 1. The van der Waals surface area contributed by atoms with Crippen LogP contribution in [-0.4, -0.2) is 120 Å². The monoisotopic (exact) mass is 649 g/mol. The summed E-state index contributed by atoms with van der Waals surface area (Å²) >= 11 is 0. The number of aryl methyl sites for hydroxylation is 2. The Balaban J connectivity index is 0.00000433. The fraction of sp³-hybridized carbons (Fsp3) is 0.583. The number of morpholine rings is 1. The third-order valence-corrected chi connectivity index (χ3v) is 10.1. The van der Waals surface area contributed by atoms with Gasteiger partial charge in [-0.25, -0.2) is 9.59 Å². The average molecular weight is 650 g/mol. The second-order valence-electron chi connectivity index (χ2n) is 13.1. The zero-order valence-corrected chi connectivity index (χ0v) is 27.1. The Kier molecular flexibility index (Phi) is 11.3. The molecule has 11 heteroatoms. The van der Waals surface area contributed by atoms with E-state index in [1.165, 1.54) is 0 Å². The third-order valence-electron chi connectivity index (χ3n) is 10.1. The maximum Gasteiger partial charge on any atom is 0.410 e. The molecule has 2 aromatic rings. The number of phenols is 1. The summed E-state index contributed by atoms with van der Waals surface area (Å²) in [6.45, 7) is 9.77. The van der Waals surface area contributed by atoms with Crippen LogP contribution in [0, 0.1) is 13.8 Å². The molecular formula is C36H51N5O6. The van der Waals surface area contributed by atoms with Gasteiger partial charge in [-0.15, -0.1) is 0 Å². The summed E-state index contributed by atoms with van der Waals surface area (Å²) in [7, 11) is 0. The first-order valence-electron chi connectivity index (χ1n) is 16.8. The smallest absolute Gasteiger partial charge is 0.410 e. The fourth-order valence-electron chi connectivity index (χ4n) is 7.45. The lowest BCUT2D eigenvalue weighted by molar-refractivity contribution is -0.142. The quantitative estimate of drug-likeness (QED) is 0.471. The number of likely N-dealkylation sites (tertiary alicyclic amines) is 2. The van der Waals surface area contributed by atoms with E-state index in [1.807, 2.05) is 60.0 Å². The largest absolute Gasteiger partial charge is 0.507 e. The van der Waals surface area contributed by atoms with E-state index >= 15 is 0 Å². The Bertz CT molecular complexity index is 1390. The standard InChI is InChI=1S/C35H47N5O6.CH4/c1-24-21-26(22-25(2)32(24)41)23-31(33(42)38-12-8-28(9-13-38)37-17-19-45-20-18-37)46-35(44)39-14-10-29(11-15-39)40-16-7-27-5-3-4-6-30(27)36-34(40)43;/h3-6,21-22,28-29,31,41H,7-20,23H2,1-2H3,(H,36,43);1H4/t31-;/m1./s1. The highest BCUT2D eigenvalue weighted by molar-refractivity contribution is 5.91. The first-order chi connectivity index (χ1) is 22.3. The van der Waals surface area contributed by atoms with Crippen LogP contribution in [0.4, 0.5) is 15.3 Å². The van der Waals surface area contributed by atoms with Crippen LogP contribution >= 0.6 is 0 Å². The van der Waals surface area contributed by atoms with Gasteiger partial charge in [-0.3, -0.25) is 9.69 Å². The van der Waals surface area contributed by atoms with Crippen molar-refractivity contribution >= 4 is 23.7 Å². The van der Waals surface area contributed by atoms with Crippen molar-refractivity contribution in [1.82, 2.24) is 19.6 Å². The fourth-order valence-corrected chi connectivity index (χ4v) is 7.45. The number of nitrogens with zero attached hydrogens (tertiary/aromatic N) is 4. The lowest BCUT2D eigenvalue weighted by Gasteiger charge is -2.41. The number of urea groups is 1. The van der Waals surface area contributed by atoms with Gasteiger partial charge in [0.1, 0.15) is 5.75 Å². The Morgan fingerprint density at radius 2 is 1.53 bits per heavy atom. The minimum atomic E-state index is -0.969. The molecule has 4 amide bonds. The van der Waals surface area contributed by atoms with Gasteiger partial charge in [0, 0.05) is 70.0 Å². The number of aromatic hydroxyl groups is 1. The number of hydrogen-bond acceptors (Lipinski definition) is 7. The van der Waals surface area contributed by atoms with E-state index in [9.17, 15) is 19.5 Å². The average Bonchev–Trinajstić information content (AvgIpc) is 3.25. The second kappa shape index (κ2) is 15.4. The number of hydrogen-bond donors (Lipinski definition) is 2. The van der Waals surface area contributed by atoms with E-state index in [-0.39, 0.29) is 37.6 Å². The Hall–Kier alpha value is -3.83. The van der Waals surface area contributed by atoms with Gasteiger partial charge in [-0.05, 0) is 74.3 Å². The number of piperidine rings is 2. The lowest BCUT2D eigenvalue weighted by atomic mass is 9.99. The number of anilines is 1. The van der Waals surface area contributed by atoms with E-state index in [2.05, 4.69) is 10.2 Å². The molecule has 2 aromatic carbocycles. The van der Waals surface area contributed by atoms with Gasteiger partial charge in [0.15, 0.2) is 6.10 Å². The van der Waals surface area contributed by atoms with Gasteiger partial charge >= 0.3 is 12.1 Å². The van der Waals surface area contributed by atoms with Crippen molar-refractivity contribution in [3.05, 3.63) is 58.7 Å². The molecule has 0 bridgehead atoms. The van der Waals surface area contributed by atoms with Gasteiger partial charge in [-0.1, -0.05) is 37.8 Å². The number of ether oxygens (including phenoxy) is 2. The van der Waals surface area contributed by atoms with Gasteiger partial charge in [-0.2, -0.15) is 0 Å². The van der Waals surface area contributed by atoms with E-state index in [0.29, 0.717) is 51.6 Å². The lowest BCUT2D eigenvalue weighted by Crippen LogP contribution is -2.53. The Morgan fingerprint density at radius 1 is 0.915 bits per heavy atom. The Labute approximate surface area is 278 Å². The summed E-state index contributed by atoms with van der Waals surface area (Å²) in [4.78, 5) is 48.4. The highest BCUT2D eigenvalue weighted by Crippen LogP contribution is 2.27. The second-order valence-corrected chi connectivity index (χ2v) is 13.1. The van der Waals surface area contributed by atoms with Gasteiger partial charge in [0.05, 0.1) is 13.2 Å². The van der Waals surface area contributed by atoms with E-state index < -0.39 is 12.2 Å². The van der Waals surface area contributed by atoms with Crippen LogP contribution in [0.5, 0.6) is 5.75 Å². The van der Waals surface area contributed by atoms with Crippen molar-refractivity contribution in [2.45, 2.75) is 78.0 Å². The zero-order valence-electron chi connectivity index (χ0n) is 27.1. The molecule has 2 N–H and O–H groups in total. The molecule has 0 saturated carbocycles. The zero-order chi connectivity index (χ0) is 32.2. The minimum absolute atomic E-state index is 0. The van der Waals surface area contributed by atoms with Crippen molar-refractivity contribution in [1.29, 1.82) is 0 Å². The molecule has 47 heavy (non-hydrogen) atoms. The molecular weight excluding hydrogens is 598 g/mol. The Morgan fingerprint density at radius 3 is 2.21 bits per heavy atom. The summed E-state index contributed by atoms with van der Waals surface area (Å²) in [6.07, 6.45) is 2.59. The topological polar surface area (TPSA) is 115 Å². The summed E-state index contributed by atoms with van der Waals surface area (Å²) < 4.78 is 11.6. The minimum Gasteiger partial charge on any atom is -0.507 e. The molecule has 256 valence electrons. The number of carbonyl (C=O) groups excluding carboxylic acids is 3. The number of rotatable bonds is 6. The molecule has 0 spiro atoms. The summed E-state index contributed by atoms with van der Waals surface area (Å²) in [6, 6.07) is 11.9. The van der Waals surface area contributed by atoms with Crippen molar-refractivity contribution < 1.29 is 29.0 Å². The van der Waals surface area contributed by atoms with Crippen molar-refractivity contribution in [2.24, 2.45) is 0 Å². The maximum absolute atomic E-state index is 14.0. The summed E-state index contributed by atoms with van der Waals surface area (Å²) in [5, 5.41) is 13.4. The van der Waals surface area contributed by atoms with Crippen LogP contribution in [0.1, 0.15) is 55.4 Å². The van der Waals surface area contributed by atoms with Gasteiger partial charge in [0.2, 0.25) is 0 Å². The van der Waals surface area contributed by atoms with E-state index in [1.54, 1.807) is 4.90 Å². The number of nitrogens with one attached hydrogen (secondary N) is 1. The first kappa shape index (κ1) is 34.5. The summed E-state index contributed by atoms with van der Waals surface area (Å²) in [5.74, 6) is 0.0616.